The van der Waals surface area contributed by atoms with Crippen LogP contribution in [0.2, 0.25) is 0 Å². The van der Waals surface area contributed by atoms with Crippen LogP contribution < -0.4 is 5.73 Å². The second kappa shape index (κ2) is 4.40. The Hall–Kier alpha value is -1.42. The van der Waals surface area contributed by atoms with Gasteiger partial charge in [0, 0.05) is 0 Å². The van der Waals surface area contributed by atoms with Gasteiger partial charge in [0.25, 0.3) is 0 Å². The Balaban J connectivity index is 2.05. The van der Waals surface area contributed by atoms with Crippen LogP contribution in [-0.2, 0) is 5.75 Å². The molecule has 2 aromatic heterocycles. The number of nitrogens with two attached hydrogens (primary N) is 1. The highest BCUT2D eigenvalue weighted by atomic mass is 32.2. The Labute approximate surface area is 92.7 Å². The number of anilines is 1. The van der Waals surface area contributed by atoms with Crippen LogP contribution in [0, 0.1) is 6.92 Å². The molecule has 2 rings (SSSR count). The van der Waals surface area contributed by atoms with E-state index in [-0.39, 0.29) is 0 Å². The first kappa shape index (κ1) is 10.1. The molecule has 0 fully saturated rings. The van der Waals surface area contributed by atoms with Crippen LogP contribution in [0.25, 0.3) is 0 Å². The topological polar surface area (TPSA) is 52.0 Å². The first-order chi connectivity index (χ1) is 7.25. The molecule has 2 aromatic rings. The van der Waals surface area contributed by atoms with Crippen LogP contribution in [0.4, 0.5) is 5.69 Å². The van der Waals surface area contributed by atoms with Crippen molar-refractivity contribution in [3.63, 3.8) is 0 Å². The van der Waals surface area contributed by atoms with E-state index in [1.807, 2.05) is 25.1 Å². The number of aryl methyl sites for hydroxylation is 1. The molecule has 0 spiro atoms. The van der Waals surface area contributed by atoms with Gasteiger partial charge >= 0.3 is 0 Å². The number of nitrogen functional groups attached to an aromatic ring is 1. The highest BCUT2D eigenvalue weighted by molar-refractivity contribution is 7.98. The minimum atomic E-state index is 0.704. The third-order valence-electron chi connectivity index (χ3n) is 1.98. The molecule has 2 heterocycles. The zero-order valence-electron chi connectivity index (χ0n) is 8.43. The van der Waals surface area contributed by atoms with Gasteiger partial charge in [-0.3, -0.25) is 0 Å². The van der Waals surface area contributed by atoms with E-state index in [9.17, 15) is 0 Å². The standard InChI is InChI=1S/C11H12N2OS/c1-8-5-9(12)6-13-11(8)15-7-10-3-2-4-14-10/h2-6H,7,12H2,1H3. The molecule has 0 aliphatic rings. The molecule has 0 radical (unpaired) electrons. The summed E-state index contributed by atoms with van der Waals surface area (Å²) in [6, 6.07) is 5.77. The summed E-state index contributed by atoms with van der Waals surface area (Å²) in [5.74, 6) is 1.75. The van der Waals surface area contributed by atoms with E-state index in [4.69, 9.17) is 10.2 Å². The van der Waals surface area contributed by atoms with E-state index in [2.05, 4.69) is 4.98 Å². The summed E-state index contributed by atoms with van der Waals surface area (Å²) in [7, 11) is 0. The molecule has 0 aliphatic heterocycles. The van der Waals surface area contributed by atoms with E-state index in [0.29, 0.717) is 5.69 Å². The van der Waals surface area contributed by atoms with Gasteiger partial charge in [0.2, 0.25) is 0 Å². The number of pyridine rings is 1. The first-order valence-electron chi connectivity index (χ1n) is 4.63. The van der Waals surface area contributed by atoms with Crippen molar-refractivity contribution in [1.82, 2.24) is 4.98 Å². The molecule has 0 bridgehead atoms. The van der Waals surface area contributed by atoms with Gasteiger partial charge in [0.1, 0.15) is 5.76 Å². The van der Waals surface area contributed by atoms with Crippen molar-refractivity contribution < 1.29 is 4.42 Å². The number of hydrogen-bond donors (Lipinski definition) is 1. The smallest absolute Gasteiger partial charge is 0.114 e. The Morgan fingerprint density at radius 1 is 1.53 bits per heavy atom. The quantitative estimate of drug-likeness (QED) is 0.808. The van der Waals surface area contributed by atoms with E-state index in [0.717, 1.165) is 22.1 Å². The summed E-state index contributed by atoms with van der Waals surface area (Å²) in [5.41, 5.74) is 7.43. The van der Waals surface area contributed by atoms with Crippen molar-refractivity contribution in [2.75, 3.05) is 5.73 Å². The predicted molar refractivity (Wildman–Crippen MR) is 61.7 cm³/mol. The maximum Gasteiger partial charge on any atom is 0.114 e. The molecule has 0 atom stereocenters. The fraction of sp³-hybridized carbons (Fsp3) is 0.182. The molecule has 0 amide bonds. The molecular weight excluding hydrogens is 208 g/mol. The number of nitrogens with zero attached hydrogens (tertiary/aromatic N) is 1. The Morgan fingerprint density at radius 3 is 3.07 bits per heavy atom. The molecule has 0 saturated carbocycles. The van der Waals surface area contributed by atoms with Gasteiger partial charge in [-0.05, 0) is 30.7 Å². The number of aromatic nitrogens is 1. The van der Waals surface area contributed by atoms with Gasteiger partial charge in [-0.1, -0.05) is 11.8 Å². The summed E-state index contributed by atoms with van der Waals surface area (Å²) in [5, 5.41) is 1.00. The first-order valence-corrected chi connectivity index (χ1v) is 5.61. The second-order valence-corrected chi connectivity index (χ2v) is 4.22. The van der Waals surface area contributed by atoms with Crippen molar-refractivity contribution in [2.24, 2.45) is 0 Å². The Bertz CT molecular complexity index is 440. The summed E-state index contributed by atoms with van der Waals surface area (Å²) in [6.07, 6.45) is 3.36. The zero-order chi connectivity index (χ0) is 10.7. The number of thioether (sulfide) groups is 1. The molecule has 3 nitrogen and oxygen atoms in total. The molecule has 0 aromatic carbocycles. The Kier molecular flexibility index (Phi) is 2.97. The maximum absolute atomic E-state index is 5.63. The molecule has 0 aliphatic carbocycles. The molecule has 15 heavy (non-hydrogen) atoms. The Morgan fingerprint density at radius 2 is 2.40 bits per heavy atom. The lowest BCUT2D eigenvalue weighted by Crippen LogP contribution is -1.91. The monoisotopic (exact) mass is 220 g/mol. The van der Waals surface area contributed by atoms with Crippen LogP contribution in [0.15, 0.2) is 40.1 Å². The van der Waals surface area contributed by atoms with Crippen molar-refractivity contribution in [3.8, 4) is 0 Å². The average molecular weight is 220 g/mol. The number of furan rings is 1. The van der Waals surface area contributed by atoms with Crippen LogP contribution in [-0.4, -0.2) is 4.98 Å². The average Bonchev–Trinajstić information content (AvgIpc) is 2.69. The fourth-order valence-corrected chi connectivity index (χ4v) is 2.13. The van der Waals surface area contributed by atoms with Gasteiger partial charge in [-0.25, -0.2) is 4.98 Å². The van der Waals surface area contributed by atoms with Crippen LogP contribution >= 0.6 is 11.8 Å². The van der Waals surface area contributed by atoms with Gasteiger partial charge in [-0.2, -0.15) is 0 Å². The highest BCUT2D eigenvalue weighted by Gasteiger charge is 2.03. The zero-order valence-corrected chi connectivity index (χ0v) is 9.25. The third kappa shape index (κ3) is 2.53. The minimum absolute atomic E-state index is 0.704. The van der Waals surface area contributed by atoms with E-state index in [1.165, 1.54) is 0 Å². The molecule has 4 heteroatoms. The minimum Gasteiger partial charge on any atom is -0.468 e. The predicted octanol–water partition coefficient (Wildman–Crippen LogP) is 2.86. The lowest BCUT2D eigenvalue weighted by molar-refractivity contribution is 0.530. The SMILES string of the molecule is Cc1cc(N)cnc1SCc1ccco1. The van der Waals surface area contributed by atoms with E-state index in [1.54, 1.807) is 24.2 Å². The molecule has 2 N–H and O–H groups in total. The van der Waals surface area contributed by atoms with Gasteiger partial charge in [0.05, 0.1) is 28.9 Å². The molecular formula is C11H12N2OS. The molecule has 0 saturated heterocycles. The van der Waals surface area contributed by atoms with Gasteiger partial charge in [0.15, 0.2) is 0 Å². The van der Waals surface area contributed by atoms with Crippen molar-refractivity contribution in [2.45, 2.75) is 17.7 Å². The van der Waals surface area contributed by atoms with Crippen molar-refractivity contribution in [1.29, 1.82) is 0 Å². The van der Waals surface area contributed by atoms with Crippen molar-refractivity contribution in [3.05, 3.63) is 42.0 Å². The number of rotatable bonds is 3. The number of hydrogen-bond acceptors (Lipinski definition) is 4. The van der Waals surface area contributed by atoms with E-state index < -0.39 is 0 Å². The summed E-state index contributed by atoms with van der Waals surface area (Å²) < 4.78 is 5.25. The van der Waals surface area contributed by atoms with Crippen molar-refractivity contribution >= 4 is 17.4 Å². The largest absolute Gasteiger partial charge is 0.468 e. The molecule has 0 unspecified atom stereocenters. The van der Waals surface area contributed by atoms with Crippen LogP contribution in [0.5, 0.6) is 0 Å². The summed E-state index contributed by atoms with van der Waals surface area (Å²) in [4.78, 5) is 4.27. The summed E-state index contributed by atoms with van der Waals surface area (Å²) in [6.45, 7) is 2.01. The van der Waals surface area contributed by atoms with Crippen LogP contribution in [0.3, 0.4) is 0 Å². The summed E-state index contributed by atoms with van der Waals surface area (Å²) >= 11 is 1.65. The third-order valence-corrected chi connectivity index (χ3v) is 3.11. The van der Waals surface area contributed by atoms with Gasteiger partial charge < -0.3 is 10.2 Å². The lowest BCUT2D eigenvalue weighted by atomic mass is 10.3. The van der Waals surface area contributed by atoms with Crippen LogP contribution in [0.1, 0.15) is 11.3 Å². The molecule has 78 valence electrons. The highest BCUT2D eigenvalue weighted by Crippen LogP contribution is 2.24. The second-order valence-electron chi connectivity index (χ2n) is 3.26. The van der Waals surface area contributed by atoms with E-state index >= 15 is 0 Å². The van der Waals surface area contributed by atoms with Gasteiger partial charge in [-0.15, -0.1) is 0 Å². The normalized spacial score (nSPS) is 10.5. The maximum atomic E-state index is 5.63. The fourth-order valence-electron chi connectivity index (χ4n) is 1.27. The lowest BCUT2D eigenvalue weighted by Gasteiger charge is -2.03.